The second-order valence-electron chi connectivity index (χ2n) is 6.09. The molecule has 118 valence electrons. The SMILES string of the molecule is CC(C)Cn1ccnc(NC(C)CN2CCOCC2)c1=O. The summed E-state index contributed by atoms with van der Waals surface area (Å²) >= 11 is 0. The smallest absolute Gasteiger partial charge is 0.293 e. The van der Waals surface area contributed by atoms with Crippen LogP contribution in [0, 0.1) is 5.92 Å². The van der Waals surface area contributed by atoms with Gasteiger partial charge >= 0.3 is 0 Å². The third kappa shape index (κ3) is 4.82. The molecule has 1 N–H and O–H groups in total. The van der Waals surface area contributed by atoms with Crippen molar-refractivity contribution in [3.63, 3.8) is 0 Å². The molecule has 1 aliphatic rings. The van der Waals surface area contributed by atoms with Gasteiger partial charge in [-0.1, -0.05) is 13.8 Å². The molecule has 1 atom stereocenters. The van der Waals surface area contributed by atoms with Crippen molar-refractivity contribution in [1.82, 2.24) is 14.5 Å². The van der Waals surface area contributed by atoms with Crippen molar-refractivity contribution >= 4 is 5.82 Å². The lowest BCUT2D eigenvalue weighted by atomic mass is 10.2. The van der Waals surface area contributed by atoms with E-state index in [9.17, 15) is 4.79 Å². The van der Waals surface area contributed by atoms with Crippen LogP contribution in [0.2, 0.25) is 0 Å². The summed E-state index contributed by atoms with van der Waals surface area (Å²) in [6.45, 7) is 11.4. The van der Waals surface area contributed by atoms with Gasteiger partial charge in [0.1, 0.15) is 0 Å². The standard InChI is InChI=1S/C15H26N4O2/c1-12(2)10-19-5-4-16-14(15(19)20)17-13(3)11-18-6-8-21-9-7-18/h4-5,12-13H,6-11H2,1-3H3,(H,16,17). The van der Waals surface area contributed by atoms with Crippen LogP contribution < -0.4 is 10.9 Å². The fraction of sp³-hybridized carbons (Fsp3) is 0.733. The zero-order valence-corrected chi connectivity index (χ0v) is 13.2. The van der Waals surface area contributed by atoms with Gasteiger partial charge in [0.25, 0.3) is 5.56 Å². The van der Waals surface area contributed by atoms with Crippen LogP contribution in [0.5, 0.6) is 0 Å². The molecule has 0 spiro atoms. The minimum absolute atomic E-state index is 0.0416. The first-order valence-electron chi connectivity index (χ1n) is 7.68. The second-order valence-corrected chi connectivity index (χ2v) is 6.09. The van der Waals surface area contributed by atoms with Gasteiger partial charge in [-0.05, 0) is 12.8 Å². The number of ether oxygens (including phenoxy) is 1. The summed E-state index contributed by atoms with van der Waals surface area (Å²) in [5, 5.41) is 3.24. The number of hydrogen-bond donors (Lipinski definition) is 1. The Morgan fingerprint density at radius 2 is 2.00 bits per heavy atom. The van der Waals surface area contributed by atoms with Gasteiger partial charge < -0.3 is 14.6 Å². The largest absolute Gasteiger partial charge is 0.379 e. The van der Waals surface area contributed by atoms with E-state index in [2.05, 4.69) is 36.0 Å². The summed E-state index contributed by atoms with van der Waals surface area (Å²) in [5.41, 5.74) is -0.0416. The normalized spacial score (nSPS) is 17.9. The fourth-order valence-corrected chi connectivity index (χ4v) is 2.53. The molecular weight excluding hydrogens is 268 g/mol. The molecular formula is C15H26N4O2. The number of rotatable bonds is 6. The second kappa shape index (κ2) is 7.56. The van der Waals surface area contributed by atoms with E-state index in [4.69, 9.17) is 4.74 Å². The summed E-state index contributed by atoms with van der Waals surface area (Å²) in [5.74, 6) is 0.877. The Hall–Kier alpha value is -1.40. The molecule has 0 bridgehead atoms. The zero-order chi connectivity index (χ0) is 15.2. The summed E-state index contributed by atoms with van der Waals surface area (Å²) in [7, 11) is 0. The molecule has 1 aromatic heterocycles. The van der Waals surface area contributed by atoms with Crippen LogP contribution in [-0.2, 0) is 11.3 Å². The Balaban J connectivity index is 1.96. The van der Waals surface area contributed by atoms with Crippen LogP contribution in [0.15, 0.2) is 17.2 Å². The average Bonchev–Trinajstić information content (AvgIpc) is 2.44. The first-order valence-corrected chi connectivity index (χ1v) is 7.68. The van der Waals surface area contributed by atoms with Gasteiger partial charge in [-0.25, -0.2) is 4.98 Å². The summed E-state index contributed by atoms with van der Waals surface area (Å²) < 4.78 is 7.07. The van der Waals surface area contributed by atoms with Crippen molar-refractivity contribution in [3.05, 3.63) is 22.7 Å². The lowest BCUT2D eigenvalue weighted by Crippen LogP contribution is -2.43. The molecule has 1 saturated heterocycles. The van der Waals surface area contributed by atoms with E-state index >= 15 is 0 Å². The van der Waals surface area contributed by atoms with Crippen molar-refractivity contribution in [3.8, 4) is 0 Å². The van der Waals surface area contributed by atoms with Crippen LogP contribution in [0.4, 0.5) is 5.82 Å². The first-order chi connectivity index (χ1) is 10.1. The number of nitrogens with one attached hydrogen (secondary N) is 1. The molecule has 1 aromatic rings. The van der Waals surface area contributed by atoms with Crippen LogP contribution in [-0.4, -0.2) is 53.3 Å². The van der Waals surface area contributed by atoms with Gasteiger partial charge in [-0.15, -0.1) is 0 Å². The van der Waals surface area contributed by atoms with Crippen molar-refractivity contribution in [2.24, 2.45) is 5.92 Å². The quantitative estimate of drug-likeness (QED) is 0.849. The third-order valence-electron chi connectivity index (χ3n) is 3.49. The number of morpholine rings is 1. The lowest BCUT2D eigenvalue weighted by molar-refractivity contribution is 0.0368. The number of nitrogens with zero attached hydrogens (tertiary/aromatic N) is 3. The van der Waals surface area contributed by atoms with Crippen molar-refractivity contribution in [2.45, 2.75) is 33.4 Å². The van der Waals surface area contributed by atoms with Crippen molar-refractivity contribution < 1.29 is 4.74 Å². The summed E-state index contributed by atoms with van der Waals surface area (Å²) in [4.78, 5) is 18.9. The van der Waals surface area contributed by atoms with Gasteiger partial charge in [-0.3, -0.25) is 9.69 Å². The first kappa shape index (κ1) is 16.0. The van der Waals surface area contributed by atoms with E-state index in [0.717, 1.165) is 32.8 Å². The number of hydrogen-bond acceptors (Lipinski definition) is 5. The molecule has 1 unspecified atom stereocenters. The van der Waals surface area contributed by atoms with Crippen LogP contribution >= 0.6 is 0 Å². The molecule has 21 heavy (non-hydrogen) atoms. The Kier molecular flexibility index (Phi) is 5.76. The highest BCUT2D eigenvalue weighted by Gasteiger charge is 2.15. The van der Waals surface area contributed by atoms with Gasteiger partial charge in [0, 0.05) is 44.6 Å². The maximum absolute atomic E-state index is 12.3. The van der Waals surface area contributed by atoms with Crippen LogP contribution in [0.25, 0.3) is 0 Å². The average molecular weight is 294 g/mol. The highest BCUT2D eigenvalue weighted by molar-refractivity contribution is 5.32. The third-order valence-corrected chi connectivity index (χ3v) is 3.49. The molecule has 2 rings (SSSR count). The minimum atomic E-state index is -0.0416. The van der Waals surface area contributed by atoms with Gasteiger partial charge in [0.15, 0.2) is 5.82 Å². The molecule has 0 saturated carbocycles. The van der Waals surface area contributed by atoms with Gasteiger partial charge in [0.2, 0.25) is 0 Å². The monoisotopic (exact) mass is 294 g/mol. The van der Waals surface area contributed by atoms with E-state index in [1.807, 2.05) is 0 Å². The van der Waals surface area contributed by atoms with Crippen molar-refractivity contribution in [1.29, 1.82) is 0 Å². The molecule has 1 fully saturated rings. The lowest BCUT2D eigenvalue weighted by Gasteiger charge is -2.29. The Bertz CT molecular complexity index is 495. The molecule has 1 aliphatic heterocycles. The zero-order valence-electron chi connectivity index (χ0n) is 13.2. The maximum Gasteiger partial charge on any atom is 0.293 e. The maximum atomic E-state index is 12.3. The number of aromatic nitrogens is 2. The summed E-state index contributed by atoms with van der Waals surface area (Å²) in [6.07, 6.45) is 3.44. The minimum Gasteiger partial charge on any atom is -0.379 e. The molecule has 2 heterocycles. The van der Waals surface area contributed by atoms with Crippen LogP contribution in [0.1, 0.15) is 20.8 Å². The van der Waals surface area contributed by atoms with E-state index in [-0.39, 0.29) is 11.6 Å². The van der Waals surface area contributed by atoms with Gasteiger partial charge in [-0.2, -0.15) is 0 Å². The van der Waals surface area contributed by atoms with E-state index in [0.29, 0.717) is 18.3 Å². The Morgan fingerprint density at radius 3 is 2.67 bits per heavy atom. The predicted molar refractivity (Wildman–Crippen MR) is 83.7 cm³/mol. The van der Waals surface area contributed by atoms with Gasteiger partial charge in [0.05, 0.1) is 13.2 Å². The highest BCUT2D eigenvalue weighted by Crippen LogP contribution is 2.03. The molecule has 0 radical (unpaired) electrons. The number of anilines is 1. The fourth-order valence-electron chi connectivity index (χ4n) is 2.53. The van der Waals surface area contributed by atoms with E-state index < -0.39 is 0 Å². The topological polar surface area (TPSA) is 59.4 Å². The molecule has 0 aromatic carbocycles. The molecule has 0 aliphatic carbocycles. The summed E-state index contributed by atoms with van der Waals surface area (Å²) in [6, 6.07) is 0.179. The van der Waals surface area contributed by atoms with Crippen molar-refractivity contribution in [2.75, 3.05) is 38.2 Å². The Labute approximate surface area is 126 Å². The molecule has 0 amide bonds. The molecule has 6 heteroatoms. The van der Waals surface area contributed by atoms with E-state index in [1.54, 1.807) is 17.0 Å². The molecule has 6 nitrogen and oxygen atoms in total. The highest BCUT2D eigenvalue weighted by atomic mass is 16.5. The Morgan fingerprint density at radius 1 is 1.29 bits per heavy atom. The van der Waals surface area contributed by atoms with E-state index in [1.165, 1.54) is 0 Å². The van der Waals surface area contributed by atoms with Crippen LogP contribution in [0.3, 0.4) is 0 Å². The predicted octanol–water partition coefficient (Wildman–Crippen LogP) is 1.03.